The first kappa shape index (κ1) is 12.8. The van der Waals surface area contributed by atoms with E-state index in [1.165, 1.54) is 16.0 Å². The number of nitrogens with two attached hydrogens (primary N) is 1. The number of aryl methyl sites for hydroxylation is 1. The normalized spacial score (nSPS) is 10.3. The fourth-order valence-electron chi connectivity index (χ4n) is 1.70. The first-order valence-corrected chi connectivity index (χ1v) is 6.79. The van der Waals surface area contributed by atoms with Crippen molar-refractivity contribution >= 4 is 17.4 Å². The maximum absolute atomic E-state index is 5.81. The van der Waals surface area contributed by atoms with Gasteiger partial charge in [-0.2, -0.15) is 0 Å². The van der Waals surface area contributed by atoms with Crippen LogP contribution in [0.2, 0.25) is 0 Å². The Bertz CT molecular complexity index is 540. The van der Waals surface area contributed by atoms with Gasteiger partial charge in [0.05, 0.1) is 7.11 Å². The molecule has 0 bridgehead atoms. The van der Waals surface area contributed by atoms with Gasteiger partial charge < -0.3 is 10.5 Å². The van der Waals surface area contributed by atoms with E-state index in [4.69, 9.17) is 10.5 Å². The second-order valence-electron chi connectivity index (χ2n) is 4.17. The van der Waals surface area contributed by atoms with Gasteiger partial charge in [-0.25, -0.2) is 0 Å². The number of nitrogen functional groups attached to an aromatic ring is 1. The molecule has 0 spiro atoms. The Morgan fingerprint density at radius 1 is 1.17 bits per heavy atom. The summed E-state index contributed by atoms with van der Waals surface area (Å²) in [6, 6.07) is 14.2. The molecule has 0 atom stereocenters. The zero-order valence-corrected chi connectivity index (χ0v) is 11.5. The van der Waals surface area contributed by atoms with Gasteiger partial charge in [-0.3, -0.25) is 0 Å². The monoisotopic (exact) mass is 259 g/mol. The third kappa shape index (κ3) is 3.20. The standard InChI is InChI=1S/C15H17NOS/c1-11-6-7-13(16)9-15(11)18-10-12-4-3-5-14(8-12)17-2/h3-9H,10,16H2,1-2H3. The predicted molar refractivity (Wildman–Crippen MR) is 78.1 cm³/mol. The van der Waals surface area contributed by atoms with Gasteiger partial charge >= 0.3 is 0 Å². The van der Waals surface area contributed by atoms with Gasteiger partial charge in [0.25, 0.3) is 0 Å². The Morgan fingerprint density at radius 3 is 2.78 bits per heavy atom. The topological polar surface area (TPSA) is 35.2 Å². The molecule has 3 heteroatoms. The molecule has 0 aromatic heterocycles. The molecule has 0 radical (unpaired) electrons. The number of benzene rings is 2. The molecule has 0 saturated heterocycles. The first-order valence-electron chi connectivity index (χ1n) is 5.81. The van der Waals surface area contributed by atoms with Gasteiger partial charge in [-0.1, -0.05) is 18.2 Å². The fraction of sp³-hybridized carbons (Fsp3) is 0.200. The van der Waals surface area contributed by atoms with Crippen LogP contribution in [0.25, 0.3) is 0 Å². The van der Waals surface area contributed by atoms with Gasteiger partial charge in [0, 0.05) is 16.3 Å². The molecule has 2 nitrogen and oxygen atoms in total. The molecular weight excluding hydrogens is 242 g/mol. The molecule has 0 fully saturated rings. The largest absolute Gasteiger partial charge is 0.497 e. The van der Waals surface area contributed by atoms with Crippen LogP contribution in [0.1, 0.15) is 11.1 Å². The highest BCUT2D eigenvalue weighted by Crippen LogP contribution is 2.28. The quantitative estimate of drug-likeness (QED) is 0.668. The van der Waals surface area contributed by atoms with Gasteiger partial charge in [0.15, 0.2) is 0 Å². The summed E-state index contributed by atoms with van der Waals surface area (Å²) in [7, 11) is 1.69. The van der Waals surface area contributed by atoms with Crippen molar-refractivity contribution in [3.8, 4) is 5.75 Å². The van der Waals surface area contributed by atoms with Crippen molar-refractivity contribution < 1.29 is 4.74 Å². The number of ether oxygens (including phenoxy) is 1. The molecule has 2 aromatic carbocycles. The molecule has 2 rings (SSSR count). The zero-order chi connectivity index (χ0) is 13.0. The first-order chi connectivity index (χ1) is 8.69. The highest BCUT2D eigenvalue weighted by Gasteiger charge is 2.02. The number of hydrogen-bond donors (Lipinski definition) is 1. The summed E-state index contributed by atoms with van der Waals surface area (Å²) in [5.74, 6) is 1.82. The third-order valence-corrected chi connectivity index (χ3v) is 3.97. The van der Waals surface area contributed by atoms with Gasteiger partial charge in [0.1, 0.15) is 5.75 Å². The third-order valence-electron chi connectivity index (χ3n) is 2.74. The van der Waals surface area contributed by atoms with Crippen LogP contribution in [-0.2, 0) is 5.75 Å². The minimum absolute atomic E-state index is 0.814. The van der Waals surface area contributed by atoms with Crippen molar-refractivity contribution in [2.45, 2.75) is 17.6 Å². The second kappa shape index (κ2) is 5.83. The number of thioether (sulfide) groups is 1. The Kier molecular flexibility index (Phi) is 4.15. The lowest BCUT2D eigenvalue weighted by atomic mass is 10.2. The number of methoxy groups -OCH3 is 1. The van der Waals surface area contributed by atoms with Gasteiger partial charge in [0.2, 0.25) is 0 Å². The summed E-state index contributed by atoms with van der Waals surface area (Å²) in [6.07, 6.45) is 0. The number of rotatable bonds is 4. The second-order valence-corrected chi connectivity index (χ2v) is 5.18. The number of anilines is 1. The molecule has 0 aliphatic rings. The van der Waals surface area contributed by atoms with Crippen molar-refractivity contribution in [1.29, 1.82) is 0 Å². The van der Waals surface area contributed by atoms with E-state index in [0.29, 0.717) is 0 Å². The lowest BCUT2D eigenvalue weighted by Gasteiger charge is -2.07. The van der Waals surface area contributed by atoms with Crippen LogP contribution in [0.4, 0.5) is 5.69 Å². The molecule has 0 aliphatic heterocycles. The molecule has 94 valence electrons. The average Bonchev–Trinajstić information content (AvgIpc) is 2.40. The van der Waals surface area contributed by atoms with Crippen molar-refractivity contribution in [3.63, 3.8) is 0 Å². The van der Waals surface area contributed by atoms with Gasteiger partial charge in [-0.05, 0) is 42.3 Å². The summed E-state index contributed by atoms with van der Waals surface area (Å²) in [4.78, 5) is 1.23. The summed E-state index contributed by atoms with van der Waals surface area (Å²) in [5, 5.41) is 0. The van der Waals surface area contributed by atoms with Crippen molar-refractivity contribution in [3.05, 3.63) is 53.6 Å². The van der Waals surface area contributed by atoms with E-state index in [0.717, 1.165) is 17.2 Å². The molecule has 18 heavy (non-hydrogen) atoms. The van der Waals surface area contributed by atoms with E-state index < -0.39 is 0 Å². The Morgan fingerprint density at radius 2 is 2.00 bits per heavy atom. The van der Waals surface area contributed by atoms with Crippen LogP contribution in [0.15, 0.2) is 47.4 Å². The van der Waals surface area contributed by atoms with Crippen LogP contribution < -0.4 is 10.5 Å². The predicted octanol–water partition coefficient (Wildman–Crippen LogP) is 3.88. The van der Waals surface area contributed by atoms with E-state index >= 15 is 0 Å². The smallest absolute Gasteiger partial charge is 0.119 e. The molecule has 0 saturated carbocycles. The molecule has 2 N–H and O–H groups in total. The maximum atomic E-state index is 5.81. The van der Waals surface area contributed by atoms with Gasteiger partial charge in [-0.15, -0.1) is 11.8 Å². The molecule has 0 amide bonds. The van der Waals surface area contributed by atoms with E-state index in [1.807, 2.05) is 24.3 Å². The van der Waals surface area contributed by atoms with Crippen LogP contribution >= 0.6 is 11.8 Å². The molecule has 0 aliphatic carbocycles. The highest BCUT2D eigenvalue weighted by molar-refractivity contribution is 7.98. The summed E-state index contributed by atoms with van der Waals surface area (Å²) in [6.45, 7) is 2.10. The van der Waals surface area contributed by atoms with Crippen LogP contribution in [0.5, 0.6) is 5.75 Å². The Labute approximate surface area is 112 Å². The van der Waals surface area contributed by atoms with E-state index in [2.05, 4.69) is 25.1 Å². The lowest BCUT2D eigenvalue weighted by molar-refractivity contribution is 0.414. The van der Waals surface area contributed by atoms with Crippen molar-refractivity contribution in [1.82, 2.24) is 0 Å². The molecule has 0 unspecified atom stereocenters. The van der Waals surface area contributed by atoms with Crippen LogP contribution in [0.3, 0.4) is 0 Å². The highest BCUT2D eigenvalue weighted by atomic mass is 32.2. The fourth-order valence-corrected chi connectivity index (χ4v) is 2.71. The van der Waals surface area contributed by atoms with E-state index in [9.17, 15) is 0 Å². The van der Waals surface area contributed by atoms with Crippen LogP contribution in [0, 0.1) is 6.92 Å². The van der Waals surface area contributed by atoms with Crippen molar-refractivity contribution in [2.24, 2.45) is 0 Å². The molecule has 2 aromatic rings. The minimum Gasteiger partial charge on any atom is -0.497 e. The Balaban J connectivity index is 2.08. The maximum Gasteiger partial charge on any atom is 0.119 e. The Hall–Kier alpha value is -1.61. The van der Waals surface area contributed by atoms with E-state index in [1.54, 1.807) is 18.9 Å². The number of hydrogen-bond acceptors (Lipinski definition) is 3. The zero-order valence-electron chi connectivity index (χ0n) is 10.6. The summed E-state index contributed by atoms with van der Waals surface area (Å²) >= 11 is 1.80. The SMILES string of the molecule is COc1cccc(CSc2cc(N)ccc2C)c1. The average molecular weight is 259 g/mol. The lowest BCUT2D eigenvalue weighted by Crippen LogP contribution is -1.89. The minimum atomic E-state index is 0.814. The summed E-state index contributed by atoms with van der Waals surface area (Å²) in [5.41, 5.74) is 9.13. The molecule has 0 heterocycles. The van der Waals surface area contributed by atoms with Crippen molar-refractivity contribution in [2.75, 3.05) is 12.8 Å². The summed E-state index contributed by atoms with van der Waals surface area (Å²) < 4.78 is 5.22. The van der Waals surface area contributed by atoms with E-state index in [-0.39, 0.29) is 0 Å². The molecular formula is C15H17NOS. The van der Waals surface area contributed by atoms with Crippen LogP contribution in [-0.4, -0.2) is 7.11 Å².